The van der Waals surface area contributed by atoms with Crippen LogP contribution in [0.4, 0.5) is 10.6 Å². The first-order chi connectivity index (χ1) is 19.5. The average molecular weight is 559 g/mol. The fraction of sp³-hybridized carbons (Fsp3) is 0.400. The molecule has 3 saturated heterocycles. The largest absolute Gasteiger partial charge is 0.465 e. The van der Waals surface area contributed by atoms with Gasteiger partial charge in [-0.15, -0.1) is 0 Å². The van der Waals surface area contributed by atoms with E-state index >= 15 is 0 Å². The quantitative estimate of drug-likeness (QED) is 0.352. The molecule has 2 aromatic carbocycles. The zero-order valence-electron chi connectivity index (χ0n) is 22.3. The Morgan fingerprint density at radius 2 is 1.80 bits per heavy atom. The fourth-order valence-corrected chi connectivity index (χ4v) is 6.97. The van der Waals surface area contributed by atoms with Crippen LogP contribution in [0.2, 0.25) is 5.02 Å². The van der Waals surface area contributed by atoms with E-state index in [1.54, 1.807) is 4.90 Å². The Morgan fingerprint density at radius 1 is 1.02 bits per heavy atom. The maximum absolute atomic E-state index is 11.9. The minimum atomic E-state index is -0.843. The maximum Gasteiger partial charge on any atom is 0.407 e. The first-order valence-corrected chi connectivity index (χ1v) is 14.3. The van der Waals surface area contributed by atoms with Crippen LogP contribution >= 0.6 is 11.6 Å². The smallest absolute Gasteiger partial charge is 0.407 e. The van der Waals surface area contributed by atoms with E-state index in [4.69, 9.17) is 31.3 Å². The van der Waals surface area contributed by atoms with Crippen LogP contribution in [0.15, 0.2) is 48.5 Å². The summed E-state index contributed by atoms with van der Waals surface area (Å²) >= 11 is 6.63. The molecule has 0 radical (unpaired) electrons. The van der Waals surface area contributed by atoms with Crippen molar-refractivity contribution in [2.24, 2.45) is 0 Å². The highest BCUT2D eigenvalue weighted by molar-refractivity contribution is 6.36. The van der Waals surface area contributed by atoms with Gasteiger partial charge in [0, 0.05) is 35.1 Å². The highest BCUT2D eigenvalue weighted by Crippen LogP contribution is 2.37. The number of anilines is 1. The Labute approximate surface area is 237 Å². The van der Waals surface area contributed by atoms with Gasteiger partial charge in [-0.25, -0.2) is 9.78 Å². The lowest BCUT2D eigenvalue weighted by Crippen LogP contribution is -2.55. The van der Waals surface area contributed by atoms with E-state index in [-0.39, 0.29) is 12.1 Å². The molecule has 1 unspecified atom stereocenters. The second-order valence-electron chi connectivity index (χ2n) is 11.1. The van der Waals surface area contributed by atoms with Gasteiger partial charge in [0.1, 0.15) is 12.4 Å². The van der Waals surface area contributed by atoms with Gasteiger partial charge < -0.3 is 19.6 Å². The molecule has 0 saturated carbocycles. The molecule has 5 heterocycles. The fourth-order valence-electron chi connectivity index (χ4n) is 6.69. The minimum Gasteiger partial charge on any atom is -0.465 e. The number of likely N-dealkylation sites (tertiary alicyclic amines) is 1. The molecule has 0 aliphatic carbocycles. The van der Waals surface area contributed by atoms with Gasteiger partial charge in [-0.1, -0.05) is 41.9 Å². The molecule has 40 heavy (non-hydrogen) atoms. The lowest BCUT2D eigenvalue weighted by Gasteiger charge is -2.40. The van der Waals surface area contributed by atoms with E-state index in [9.17, 15) is 9.90 Å². The molecule has 3 aliphatic heterocycles. The van der Waals surface area contributed by atoms with Crippen LogP contribution in [0.5, 0.6) is 6.01 Å². The number of carboxylic acid groups (broad SMARTS) is 1. The standard InChI is InChI=1S/C30H31ClN6O3/c1-35-14-4-7-21(35)17-40-29-33-27-23(28(34-29)36-15-19-10-11-20(16-36)37(19)30(38)39)12-13-25(32-27)22-8-2-5-18-6-3-9-24(31)26(18)22/h2-3,5-6,8-9,12-13,19-21H,4,7,10-11,14-17H2,1H3,(H,38,39)/t19-,20+,21?. The number of nitrogens with zero attached hydrogens (tertiary/aromatic N) is 6. The van der Waals surface area contributed by atoms with Gasteiger partial charge in [0.15, 0.2) is 5.65 Å². The number of pyridine rings is 1. The number of aromatic nitrogens is 3. The van der Waals surface area contributed by atoms with E-state index in [1.807, 2.05) is 48.5 Å². The van der Waals surface area contributed by atoms with Crippen molar-refractivity contribution in [2.45, 2.75) is 43.8 Å². The molecule has 1 N–H and O–H groups in total. The molecular formula is C30H31ClN6O3. The maximum atomic E-state index is 11.9. The Morgan fingerprint density at radius 3 is 2.52 bits per heavy atom. The molecule has 10 heteroatoms. The van der Waals surface area contributed by atoms with Crippen LogP contribution in [0.3, 0.4) is 0 Å². The van der Waals surface area contributed by atoms with E-state index in [0.717, 1.165) is 65.5 Å². The molecule has 4 aromatic rings. The number of piperazine rings is 1. The van der Waals surface area contributed by atoms with Gasteiger partial charge in [0.05, 0.1) is 23.2 Å². The minimum absolute atomic E-state index is 0.0529. The molecule has 2 bridgehead atoms. The summed E-state index contributed by atoms with van der Waals surface area (Å²) in [6.45, 7) is 2.74. The number of fused-ring (bicyclic) bond motifs is 4. The Bertz CT molecular complexity index is 1600. The summed E-state index contributed by atoms with van der Waals surface area (Å²) in [7, 11) is 2.12. The molecule has 206 valence electrons. The summed E-state index contributed by atoms with van der Waals surface area (Å²) in [6, 6.07) is 16.5. The summed E-state index contributed by atoms with van der Waals surface area (Å²) in [5.41, 5.74) is 2.26. The molecule has 3 aliphatic rings. The van der Waals surface area contributed by atoms with E-state index < -0.39 is 6.09 Å². The van der Waals surface area contributed by atoms with Crippen LogP contribution in [0.25, 0.3) is 33.1 Å². The number of hydrogen-bond donors (Lipinski definition) is 1. The van der Waals surface area contributed by atoms with Gasteiger partial charge in [-0.3, -0.25) is 4.90 Å². The summed E-state index contributed by atoms with van der Waals surface area (Å²) in [4.78, 5) is 32.7. The van der Waals surface area contributed by atoms with Crippen LogP contribution in [0, 0.1) is 0 Å². The molecular weight excluding hydrogens is 528 g/mol. The normalized spacial score (nSPS) is 22.9. The first-order valence-electron chi connectivity index (χ1n) is 13.9. The van der Waals surface area contributed by atoms with E-state index in [2.05, 4.69) is 16.8 Å². The van der Waals surface area contributed by atoms with Crippen molar-refractivity contribution in [1.82, 2.24) is 24.8 Å². The number of ether oxygens (including phenoxy) is 1. The predicted octanol–water partition coefficient (Wildman–Crippen LogP) is 5.30. The molecule has 3 atom stereocenters. The van der Waals surface area contributed by atoms with Crippen molar-refractivity contribution in [3.05, 3.63) is 53.6 Å². The first kappa shape index (κ1) is 25.3. The van der Waals surface area contributed by atoms with Crippen molar-refractivity contribution in [2.75, 3.05) is 38.2 Å². The number of rotatable bonds is 5. The van der Waals surface area contributed by atoms with Crippen molar-refractivity contribution in [3.8, 4) is 17.3 Å². The highest BCUT2D eigenvalue weighted by atomic mass is 35.5. The highest BCUT2D eigenvalue weighted by Gasteiger charge is 2.43. The third-order valence-electron chi connectivity index (χ3n) is 8.73. The molecule has 3 fully saturated rings. The zero-order valence-corrected chi connectivity index (χ0v) is 23.1. The van der Waals surface area contributed by atoms with Gasteiger partial charge in [-0.05, 0) is 62.9 Å². The number of halogens is 1. The molecule has 2 aromatic heterocycles. The predicted molar refractivity (Wildman–Crippen MR) is 155 cm³/mol. The Hall–Kier alpha value is -3.69. The van der Waals surface area contributed by atoms with Crippen molar-refractivity contribution >= 4 is 45.3 Å². The van der Waals surface area contributed by atoms with Crippen molar-refractivity contribution < 1.29 is 14.6 Å². The van der Waals surface area contributed by atoms with Gasteiger partial charge in [-0.2, -0.15) is 9.97 Å². The molecule has 0 spiro atoms. The van der Waals surface area contributed by atoms with Crippen LogP contribution < -0.4 is 9.64 Å². The Balaban J connectivity index is 1.31. The van der Waals surface area contributed by atoms with Crippen LogP contribution in [-0.4, -0.2) is 87.4 Å². The van der Waals surface area contributed by atoms with Crippen LogP contribution in [0.1, 0.15) is 25.7 Å². The number of amides is 1. The van der Waals surface area contributed by atoms with Crippen molar-refractivity contribution in [3.63, 3.8) is 0 Å². The lowest BCUT2D eigenvalue weighted by molar-refractivity contribution is 0.114. The SMILES string of the molecule is CN1CCCC1COc1nc(N2C[C@H]3CC[C@@H](C2)N3C(=O)O)c2ccc(-c3cccc4cccc(Cl)c34)nc2n1. The lowest BCUT2D eigenvalue weighted by atomic mass is 10.0. The zero-order chi connectivity index (χ0) is 27.4. The third-order valence-corrected chi connectivity index (χ3v) is 9.04. The van der Waals surface area contributed by atoms with Gasteiger partial charge >= 0.3 is 12.1 Å². The summed E-state index contributed by atoms with van der Waals surface area (Å²) < 4.78 is 6.21. The number of likely N-dealkylation sites (N-methyl/N-ethyl adjacent to an activating group) is 1. The van der Waals surface area contributed by atoms with E-state index in [0.29, 0.717) is 42.4 Å². The summed E-state index contributed by atoms with van der Waals surface area (Å²) in [6.07, 6.45) is 3.12. The summed E-state index contributed by atoms with van der Waals surface area (Å²) in [5, 5.41) is 13.3. The third kappa shape index (κ3) is 4.37. The molecule has 7 rings (SSSR count). The Kier molecular flexibility index (Phi) is 6.35. The molecule has 9 nitrogen and oxygen atoms in total. The second-order valence-corrected chi connectivity index (χ2v) is 11.5. The number of carbonyl (C=O) groups is 1. The average Bonchev–Trinajstić information content (AvgIpc) is 3.49. The van der Waals surface area contributed by atoms with Crippen LogP contribution in [-0.2, 0) is 0 Å². The van der Waals surface area contributed by atoms with E-state index in [1.165, 1.54) is 0 Å². The molecule has 1 amide bonds. The van der Waals surface area contributed by atoms with Gasteiger partial charge in [0.25, 0.3) is 0 Å². The number of hydrogen-bond acceptors (Lipinski definition) is 7. The summed E-state index contributed by atoms with van der Waals surface area (Å²) in [5.74, 6) is 0.747. The topological polar surface area (TPSA) is 94.9 Å². The van der Waals surface area contributed by atoms with Crippen molar-refractivity contribution in [1.29, 1.82) is 0 Å². The van der Waals surface area contributed by atoms with Gasteiger partial charge in [0.2, 0.25) is 0 Å². The monoisotopic (exact) mass is 558 g/mol. The second kappa shape index (κ2) is 10.1. The number of benzene rings is 2.